The van der Waals surface area contributed by atoms with Crippen LogP contribution in [0.3, 0.4) is 0 Å². The van der Waals surface area contributed by atoms with Crippen molar-refractivity contribution >= 4 is 16.9 Å². The Kier molecular flexibility index (Phi) is 6.27. The number of methoxy groups -OCH3 is 1. The average Bonchev–Trinajstić information content (AvgIpc) is 3.31. The van der Waals surface area contributed by atoms with Gasteiger partial charge < -0.3 is 19.6 Å². The zero-order valence-electron chi connectivity index (χ0n) is 19.9. The fourth-order valence-corrected chi connectivity index (χ4v) is 6.34. The lowest BCUT2D eigenvalue weighted by Gasteiger charge is -2.57. The zero-order chi connectivity index (χ0) is 24.7. The van der Waals surface area contributed by atoms with E-state index in [4.69, 9.17) is 9.47 Å². The number of hydrogen-bond acceptors (Lipinski definition) is 4. The van der Waals surface area contributed by atoms with Gasteiger partial charge in [0.2, 0.25) is 0 Å². The molecule has 2 bridgehead atoms. The van der Waals surface area contributed by atoms with Crippen LogP contribution in [-0.2, 0) is 16.8 Å². The highest BCUT2D eigenvalue weighted by molar-refractivity contribution is 5.88. The number of fused-ring (bicyclic) bond motifs is 3. The van der Waals surface area contributed by atoms with E-state index in [-0.39, 0.29) is 11.6 Å². The summed E-state index contributed by atoms with van der Waals surface area (Å²) < 4.78 is 37.4. The highest BCUT2D eigenvalue weighted by atomic mass is 19.3. The smallest absolute Gasteiger partial charge is 0.345 e. The van der Waals surface area contributed by atoms with Crippen LogP contribution in [0.5, 0.6) is 5.75 Å². The van der Waals surface area contributed by atoms with E-state index in [1.54, 1.807) is 19.2 Å². The molecule has 8 heteroatoms. The molecule has 5 rings (SSSR count). The summed E-state index contributed by atoms with van der Waals surface area (Å²) in [5.41, 5.74) is 3.80. The lowest BCUT2D eigenvalue weighted by molar-refractivity contribution is -0.203. The molecule has 3 aromatic rings. The van der Waals surface area contributed by atoms with Crippen LogP contribution < -0.4 is 4.74 Å². The second-order valence-electron chi connectivity index (χ2n) is 9.69. The molecule has 35 heavy (non-hydrogen) atoms. The van der Waals surface area contributed by atoms with Gasteiger partial charge in [-0.2, -0.15) is 8.78 Å². The van der Waals surface area contributed by atoms with E-state index in [2.05, 4.69) is 16.0 Å². The van der Waals surface area contributed by atoms with E-state index in [1.807, 2.05) is 31.3 Å². The predicted octanol–water partition coefficient (Wildman–Crippen LogP) is 5.83. The molecule has 2 aliphatic heterocycles. The Morgan fingerprint density at radius 2 is 2.06 bits per heavy atom. The molecule has 2 aromatic carbocycles. The number of aromatic nitrogens is 1. The highest BCUT2D eigenvalue weighted by Gasteiger charge is 2.51. The van der Waals surface area contributed by atoms with Gasteiger partial charge >= 0.3 is 12.6 Å². The highest BCUT2D eigenvalue weighted by Crippen LogP contribution is 2.51. The Morgan fingerprint density at radius 3 is 2.74 bits per heavy atom. The van der Waals surface area contributed by atoms with Gasteiger partial charge in [-0.15, -0.1) is 0 Å². The molecule has 2 aliphatic rings. The van der Waals surface area contributed by atoms with Crippen LogP contribution in [0.1, 0.15) is 59.2 Å². The Morgan fingerprint density at radius 1 is 1.29 bits per heavy atom. The number of aromatic amines is 1. The monoisotopic (exact) mass is 484 g/mol. The Labute approximate surface area is 202 Å². The molecule has 2 saturated heterocycles. The van der Waals surface area contributed by atoms with E-state index in [1.165, 1.54) is 0 Å². The maximum absolute atomic E-state index is 13.3. The van der Waals surface area contributed by atoms with E-state index in [0.29, 0.717) is 19.4 Å². The van der Waals surface area contributed by atoms with Gasteiger partial charge in [-0.05, 0) is 74.4 Å². The van der Waals surface area contributed by atoms with Crippen LogP contribution in [0.2, 0.25) is 0 Å². The quantitative estimate of drug-likeness (QED) is 0.441. The number of nitrogens with one attached hydrogen (secondary N) is 1. The molecule has 1 unspecified atom stereocenters. The first-order valence-electron chi connectivity index (χ1n) is 12.0. The molecule has 2 N–H and O–H groups in total. The van der Waals surface area contributed by atoms with Gasteiger partial charge in [-0.3, -0.25) is 4.90 Å². The van der Waals surface area contributed by atoms with Crippen LogP contribution in [0.4, 0.5) is 8.78 Å². The number of carboxylic acid groups (broad SMARTS) is 1. The van der Waals surface area contributed by atoms with Gasteiger partial charge in [0.15, 0.2) is 0 Å². The number of aromatic carboxylic acids is 1. The largest absolute Gasteiger partial charge is 0.496 e. The summed E-state index contributed by atoms with van der Waals surface area (Å²) in [5.74, 6) is -0.191. The van der Waals surface area contributed by atoms with Gasteiger partial charge in [-0.1, -0.05) is 12.1 Å². The third kappa shape index (κ3) is 4.19. The minimum atomic E-state index is -2.82. The van der Waals surface area contributed by atoms with Gasteiger partial charge in [0, 0.05) is 40.8 Å². The topological polar surface area (TPSA) is 74.8 Å². The Bertz CT molecular complexity index is 1230. The molecule has 0 spiro atoms. The van der Waals surface area contributed by atoms with Crippen LogP contribution in [0.25, 0.3) is 10.9 Å². The summed E-state index contributed by atoms with van der Waals surface area (Å²) in [6, 6.07) is 11.0. The second kappa shape index (κ2) is 9.24. The normalized spacial score (nSPS) is 24.7. The van der Waals surface area contributed by atoms with Gasteiger partial charge in [-0.25, -0.2) is 4.79 Å². The minimum absolute atomic E-state index is 0.0559. The summed E-state index contributed by atoms with van der Waals surface area (Å²) >= 11 is 0. The molecule has 0 amide bonds. The van der Waals surface area contributed by atoms with Crippen molar-refractivity contribution in [2.24, 2.45) is 0 Å². The number of nitrogens with zero attached hydrogens (tertiary/aromatic N) is 1. The van der Waals surface area contributed by atoms with Crippen molar-refractivity contribution in [2.45, 2.75) is 69.9 Å². The van der Waals surface area contributed by atoms with Crippen molar-refractivity contribution in [3.63, 3.8) is 0 Å². The number of H-pyrrole nitrogens is 1. The Balaban J connectivity index is 1.61. The van der Waals surface area contributed by atoms with Crippen molar-refractivity contribution in [3.05, 3.63) is 64.8 Å². The molecule has 3 atom stereocenters. The summed E-state index contributed by atoms with van der Waals surface area (Å²) in [6.07, 6.45) is 4.95. The number of aryl methyl sites for hydroxylation is 1. The summed E-state index contributed by atoms with van der Waals surface area (Å²) in [6.45, 7) is -0.196. The van der Waals surface area contributed by atoms with E-state index >= 15 is 0 Å². The lowest BCUT2D eigenvalue weighted by atomic mass is 9.69. The molecule has 2 fully saturated rings. The molecule has 0 saturated carbocycles. The van der Waals surface area contributed by atoms with E-state index in [0.717, 1.165) is 52.6 Å². The lowest BCUT2D eigenvalue weighted by Crippen LogP contribution is -2.60. The molecule has 0 aliphatic carbocycles. The number of hydrogen-bond donors (Lipinski definition) is 2. The van der Waals surface area contributed by atoms with E-state index in [9.17, 15) is 18.7 Å². The number of rotatable bonds is 7. The fraction of sp³-hybridized carbons (Fsp3) is 0.444. The standard InChI is InChI=1S/C27H30F2N2O4/c1-16-12-23(34-2)22(21-9-11-30-24(16)21)15-31-19-4-3-10-27(31,14-20(13-19)35-26(28)29)18-7-5-17(6-8-18)25(32)33/h5-9,11-12,19-20,26,30H,3-4,10,13-15H2,1-2H3,(H,32,33)/t19-,20-,27?/m1/s1. The van der Waals surface area contributed by atoms with Crippen molar-refractivity contribution in [3.8, 4) is 5.75 Å². The molecule has 1 aromatic heterocycles. The van der Waals surface area contributed by atoms with Crippen LogP contribution in [0, 0.1) is 6.92 Å². The molecular formula is C27H30F2N2O4. The Hall–Kier alpha value is -2.97. The second-order valence-corrected chi connectivity index (χ2v) is 9.69. The molecule has 3 heterocycles. The minimum Gasteiger partial charge on any atom is -0.496 e. The maximum Gasteiger partial charge on any atom is 0.345 e. The number of ether oxygens (including phenoxy) is 2. The third-order valence-electron chi connectivity index (χ3n) is 7.84. The molecular weight excluding hydrogens is 454 g/mol. The van der Waals surface area contributed by atoms with Gasteiger partial charge in [0.25, 0.3) is 0 Å². The fourth-order valence-electron chi connectivity index (χ4n) is 6.34. The average molecular weight is 485 g/mol. The SMILES string of the molecule is COc1cc(C)c2[nH]ccc2c1CN1[C@@H]2CCCC1(c1ccc(C(=O)O)cc1)C[C@H](OC(F)F)C2. The van der Waals surface area contributed by atoms with Gasteiger partial charge in [0.1, 0.15) is 5.75 Å². The predicted molar refractivity (Wildman–Crippen MR) is 128 cm³/mol. The first-order valence-corrected chi connectivity index (χ1v) is 12.0. The number of carboxylic acids is 1. The number of piperidine rings is 2. The molecule has 6 nitrogen and oxygen atoms in total. The molecule has 0 radical (unpaired) electrons. The van der Waals surface area contributed by atoms with Gasteiger partial charge in [0.05, 0.1) is 18.8 Å². The van der Waals surface area contributed by atoms with Crippen LogP contribution in [0.15, 0.2) is 42.6 Å². The summed E-state index contributed by atoms with van der Waals surface area (Å²) in [7, 11) is 1.67. The van der Waals surface area contributed by atoms with Crippen molar-refractivity contribution in [1.82, 2.24) is 9.88 Å². The molecule has 186 valence electrons. The summed E-state index contributed by atoms with van der Waals surface area (Å²) in [4.78, 5) is 17.2. The van der Waals surface area contributed by atoms with Crippen LogP contribution in [-0.4, -0.2) is 46.8 Å². The van der Waals surface area contributed by atoms with Crippen molar-refractivity contribution in [2.75, 3.05) is 7.11 Å². The maximum atomic E-state index is 13.3. The number of halogens is 2. The van der Waals surface area contributed by atoms with E-state index < -0.39 is 24.2 Å². The first kappa shape index (κ1) is 23.8. The van der Waals surface area contributed by atoms with Crippen LogP contribution >= 0.6 is 0 Å². The van der Waals surface area contributed by atoms with Crippen molar-refractivity contribution < 1.29 is 28.2 Å². The summed E-state index contributed by atoms with van der Waals surface area (Å²) in [5, 5.41) is 10.5. The number of benzene rings is 2. The third-order valence-corrected chi connectivity index (χ3v) is 7.84. The van der Waals surface area contributed by atoms with Crippen molar-refractivity contribution in [1.29, 1.82) is 0 Å². The first-order chi connectivity index (χ1) is 16.8. The zero-order valence-corrected chi connectivity index (χ0v) is 19.9. The number of alkyl halides is 2. The number of carbonyl (C=O) groups is 1.